The lowest BCUT2D eigenvalue weighted by Crippen LogP contribution is -2.23. The molecule has 0 aliphatic heterocycles. The van der Waals surface area contributed by atoms with Crippen molar-refractivity contribution in [2.75, 3.05) is 0 Å². The van der Waals surface area contributed by atoms with Crippen LogP contribution in [0.15, 0.2) is 23.3 Å². The molecule has 1 rings (SSSR count). The molecule has 0 unspecified atom stereocenters. The van der Waals surface area contributed by atoms with Crippen LogP contribution in [-0.4, -0.2) is 9.55 Å². The highest BCUT2D eigenvalue weighted by atomic mass is 127. The van der Waals surface area contributed by atoms with Gasteiger partial charge in [-0.2, -0.15) is 0 Å². The van der Waals surface area contributed by atoms with Gasteiger partial charge < -0.3 is 0 Å². The van der Waals surface area contributed by atoms with E-state index in [0.717, 1.165) is 12.0 Å². The molecule has 0 N–H and O–H groups in total. The number of nitrogens with zero attached hydrogens (tertiary/aromatic N) is 2. The Morgan fingerprint density at radius 1 is 1.79 bits per heavy atom. The van der Waals surface area contributed by atoms with Crippen molar-refractivity contribution in [3.05, 3.63) is 37.6 Å². The van der Waals surface area contributed by atoms with E-state index < -0.39 is 0 Å². The number of aromatic nitrogens is 2. The lowest BCUT2D eigenvalue weighted by atomic mass is 10.2. The summed E-state index contributed by atoms with van der Waals surface area (Å²) in [5, 5.41) is 0.258. The van der Waals surface area contributed by atoms with E-state index in [1.807, 2.05) is 29.5 Å². The highest BCUT2D eigenvalue weighted by Crippen LogP contribution is 2.10. The van der Waals surface area contributed by atoms with Gasteiger partial charge in [-0.3, -0.25) is 9.36 Å². The summed E-state index contributed by atoms with van der Waals surface area (Å²) in [6, 6.07) is 0. The van der Waals surface area contributed by atoms with Crippen molar-refractivity contribution in [3.8, 4) is 0 Å². The highest BCUT2D eigenvalue weighted by Gasteiger charge is 2.06. The second-order valence-electron chi connectivity index (χ2n) is 2.89. The Balaban J connectivity index is 3.06. The molecule has 1 heterocycles. The van der Waals surface area contributed by atoms with Crippen LogP contribution in [0.1, 0.15) is 13.3 Å². The van der Waals surface area contributed by atoms with Gasteiger partial charge in [-0.1, -0.05) is 30.7 Å². The SMILES string of the molecule is C=C(CC)Cn1cnc(Cl)c(I)c1=O. The predicted octanol–water partition coefficient (Wildman–Crippen LogP) is 2.47. The molecule has 0 bridgehead atoms. The smallest absolute Gasteiger partial charge is 0.268 e. The summed E-state index contributed by atoms with van der Waals surface area (Å²) in [6.07, 6.45) is 2.30. The monoisotopic (exact) mass is 324 g/mol. The van der Waals surface area contributed by atoms with E-state index >= 15 is 0 Å². The van der Waals surface area contributed by atoms with Gasteiger partial charge in [0.2, 0.25) is 0 Å². The Hall–Kier alpha value is -0.360. The molecule has 0 saturated heterocycles. The second-order valence-corrected chi connectivity index (χ2v) is 4.32. The van der Waals surface area contributed by atoms with Crippen LogP contribution in [0.2, 0.25) is 5.15 Å². The van der Waals surface area contributed by atoms with E-state index in [2.05, 4.69) is 11.6 Å². The zero-order chi connectivity index (χ0) is 10.7. The molecule has 0 radical (unpaired) electrons. The van der Waals surface area contributed by atoms with Crippen molar-refractivity contribution in [3.63, 3.8) is 0 Å². The number of hydrogen-bond donors (Lipinski definition) is 0. The normalized spacial score (nSPS) is 10.2. The maximum absolute atomic E-state index is 11.6. The van der Waals surface area contributed by atoms with Crippen molar-refractivity contribution in [2.24, 2.45) is 0 Å². The zero-order valence-corrected chi connectivity index (χ0v) is 10.7. The second kappa shape index (κ2) is 4.93. The summed E-state index contributed by atoms with van der Waals surface area (Å²) in [5.41, 5.74) is 0.882. The van der Waals surface area contributed by atoms with Crippen molar-refractivity contribution in [1.82, 2.24) is 9.55 Å². The zero-order valence-electron chi connectivity index (χ0n) is 7.76. The Morgan fingerprint density at radius 2 is 2.43 bits per heavy atom. The van der Waals surface area contributed by atoms with Gasteiger partial charge in [-0.25, -0.2) is 4.98 Å². The number of hydrogen-bond acceptors (Lipinski definition) is 2. The fourth-order valence-electron chi connectivity index (χ4n) is 0.909. The van der Waals surface area contributed by atoms with Gasteiger partial charge in [0.1, 0.15) is 8.72 Å². The van der Waals surface area contributed by atoms with Crippen LogP contribution < -0.4 is 5.56 Å². The van der Waals surface area contributed by atoms with Crippen LogP contribution >= 0.6 is 34.2 Å². The van der Waals surface area contributed by atoms with Gasteiger partial charge in [0.15, 0.2) is 0 Å². The lowest BCUT2D eigenvalue weighted by Gasteiger charge is -2.06. The van der Waals surface area contributed by atoms with Crippen molar-refractivity contribution < 1.29 is 0 Å². The molecule has 5 heteroatoms. The fourth-order valence-corrected chi connectivity index (χ4v) is 1.48. The standard InChI is InChI=1S/C9H10ClIN2O/c1-3-6(2)4-13-5-12-8(10)7(11)9(13)14/h5H,2-4H2,1H3. The van der Waals surface area contributed by atoms with Gasteiger partial charge in [0.25, 0.3) is 5.56 Å². The molecular formula is C9H10ClIN2O. The van der Waals surface area contributed by atoms with E-state index in [0.29, 0.717) is 10.1 Å². The molecule has 1 aromatic rings. The van der Waals surface area contributed by atoms with E-state index in [1.54, 1.807) is 0 Å². The van der Waals surface area contributed by atoms with Crippen molar-refractivity contribution >= 4 is 34.2 Å². The van der Waals surface area contributed by atoms with Crippen LogP contribution in [0.4, 0.5) is 0 Å². The number of allylic oxidation sites excluding steroid dienone is 1. The van der Waals surface area contributed by atoms with E-state index in [9.17, 15) is 4.79 Å². The molecular weight excluding hydrogens is 314 g/mol. The largest absolute Gasteiger partial charge is 0.294 e. The van der Waals surface area contributed by atoms with Gasteiger partial charge in [-0.15, -0.1) is 0 Å². The first-order chi connectivity index (χ1) is 6.56. The Labute approximate surface area is 101 Å². The first-order valence-corrected chi connectivity index (χ1v) is 5.59. The maximum Gasteiger partial charge on any atom is 0.268 e. The van der Waals surface area contributed by atoms with Crippen LogP contribution in [0.3, 0.4) is 0 Å². The molecule has 0 fully saturated rings. The van der Waals surface area contributed by atoms with E-state index in [-0.39, 0.29) is 10.7 Å². The predicted molar refractivity (Wildman–Crippen MR) is 65.7 cm³/mol. The molecule has 0 atom stereocenters. The summed E-state index contributed by atoms with van der Waals surface area (Å²) in [6.45, 7) is 6.35. The Morgan fingerprint density at radius 3 is 3.00 bits per heavy atom. The van der Waals surface area contributed by atoms with Gasteiger partial charge in [-0.05, 0) is 29.0 Å². The fraction of sp³-hybridized carbons (Fsp3) is 0.333. The third-order valence-electron chi connectivity index (χ3n) is 1.83. The minimum absolute atomic E-state index is 0.111. The van der Waals surface area contributed by atoms with Crippen molar-refractivity contribution in [2.45, 2.75) is 19.9 Å². The van der Waals surface area contributed by atoms with Crippen LogP contribution in [0, 0.1) is 3.57 Å². The maximum atomic E-state index is 11.6. The molecule has 0 spiro atoms. The molecule has 1 aromatic heterocycles. The molecule has 0 saturated carbocycles. The summed E-state index contributed by atoms with van der Waals surface area (Å²) in [7, 11) is 0. The molecule has 0 aliphatic carbocycles. The van der Waals surface area contributed by atoms with Crippen molar-refractivity contribution in [1.29, 1.82) is 0 Å². The topological polar surface area (TPSA) is 34.9 Å². The third-order valence-corrected chi connectivity index (χ3v) is 3.41. The average Bonchev–Trinajstić information content (AvgIpc) is 2.19. The van der Waals surface area contributed by atoms with Crippen LogP contribution in [0.5, 0.6) is 0 Å². The third kappa shape index (κ3) is 2.57. The quantitative estimate of drug-likeness (QED) is 0.486. The summed E-state index contributed by atoms with van der Waals surface area (Å²) in [4.78, 5) is 15.5. The molecule has 0 amide bonds. The molecule has 3 nitrogen and oxygen atoms in total. The number of halogens is 2. The molecule has 0 aromatic carbocycles. The van der Waals surface area contributed by atoms with Crippen LogP contribution in [0.25, 0.3) is 0 Å². The summed E-state index contributed by atoms with van der Waals surface area (Å²) < 4.78 is 1.97. The van der Waals surface area contributed by atoms with E-state index in [4.69, 9.17) is 11.6 Å². The minimum Gasteiger partial charge on any atom is -0.294 e. The van der Waals surface area contributed by atoms with Gasteiger partial charge in [0, 0.05) is 6.54 Å². The van der Waals surface area contributed by atoms with Gasteiger partial charge >= 0.3 is 0 Å². The molecule has 14 heavy (non-hydrogen) atoms. The number of rotatable bonds is 3. The highest BCUT2D eigenvalue weighted by molar-refractivity contribution is 14.1. The van der Waals surface area contributed by atoms with E-state index in [1.165, 1.54) is 10.9 Å². The average molecular weight is 325 g/mol. The first-order valence-electron chi connectivity index (χ1n) is 4.13. The minimum atomic E-state index is -0.111. The van der Waals surface area contributed by atoms with Gasteiger partial charge in [0.05, 0.1) is 6.33 Å². The Bertz CT molecular complexity index is 414. The summed E-state index contributed by atoms with van der Waals surface area (Å²) in [5.74, 6) is 0. The molecule has 76 valence electrons. The first kappa shape index (κ1) is 11.7. The summed E-state index contributed by atoms with van der Waals surface area (Å²) >= 11 is 7.60. The van der Waals surface area contributed by atoms with Crippen LogP contribution in [-0.2, 0) is 6.54 Å². The lowest BCUT2D eigenvalue weighted by molar-refractivity contribution is 0.704. The Kier molecular flexibility index (Phi) is 4.12. The molecule has 0 aliphatic rings.